The summed E-state index contributed by atoms with van der Waals surface area (Å²) in [6, 6.07) is 18.5. The topological polar surface area (TPSA) is 157 Å². The molecule has 2 aliphatic heterocycles. The van der Waals surface area contributed by atoms with Gasteiger partial charge in [0.25, 0.3) is 5.56 Å². The molecule has 310 valence electrons. The molecule has 2 fully saturated rings. The molecule has 3 aromatic heterocycles. The first-order valence-electron chi connectivity index (χ1n) is 19.6. The van der Waals surface area contributed by atoms with Crippen LogP contribution in [0.3, 0.4) is 0 Å². The minimum absolute atomic E-state index is 0.0391. The van der Waals surface area contributed by atoms with Crippen LogP contribution in [-0.2, 0) is 27.4 Å². The summed E-state index contributed by atoms with van der Waals surface area (Å²) in [5, 5.41) is 17.5. The Labute approximate surface area is 352 Å². The third-order valence-electron chi connectivity index (χ3n) is 10.5. The number of methoxy groups -OCH3 is 1. The SMILES string of the molecule is COc1nc(-c2cccc(-c3cccc(-c4ccn5c(=O)c(CN(C[C@@H]6CCC(=O)N6)C(=O)OC(C)(C)C)c(C)nc5c4)c3Cl)c2Cl)ccc1CN[C@H]1CCOC[C@@H]1O. The van der Waals surface area contributed by atoms with E-state index in [1.807, 2.05) is 48.5 Å². The Kier molecular flexibility index (Phi) is 12.6. The van der Waals surface area contributed by atoms with Gasteiger partial charge in [-0.15, -0.1) is 0 Å². The molecule has 3 atom stereocenters. The average Bonchev–Trinajstić information content (AvgIpc) is 3.62. The Morgan fingerprint density at radius 2 is 1.73 bits per heavy atom. The van der Waals surface area contributed by atoms with Gasteiger partial charge in [-0.05, 0) is 64.3 Å². The quantitative estimate of drug-likeness (QED) is 0.127. The fourth-order valence-corrected chi connectivity index (χ4v) is 8.13. The molecule has 0 saturated carbocycles. The highest BCUT2D eigenvalue weighted by molar-refractivity contribution is 6.39. The number of hydrogen-bond donors (Lipinski definition) is 3. The molecule has 5 aromatic rings. The maximum absolute atomic E-state index is 14.0. The first-order valence-corrected chi connectivity index (χ1v) is 20.4. The van der Waals surface area contributed by atoms with E-state index >= 15 is 0 Å². The number of rotatable bonds is 11. The maximum atomic E-state index is 14.0. The van der Waals surface area contributed by atoms with E-state index in [0.29, 0.717) is 99.8 Å². The number of aryl methyl sites for hydroxylation is 1. The van der Waals surface area contributed by atoms with Gasteiger partial charge in [-0.2, -0.15) is 0 Å². The van der Waals surface area contributed by atoms with Crippen LogP contribution in [0.4, 0.5) is 4.79 Å². The van der Waals surface area contributed by atoms with Crippen molar-refractivity contribution in [1.29, 1.82) is 0 Å². The lowest BCUT2D eigenvalue weighted by atomic mass is 9.97. The summed E-state index contributed by atoms with van der Waals surface area (Å²) in [6.45, 7) is 8.59. The van der Waals surface area contributed by atoms with Crippen LogP contribution in [0.15, 0.2) is 71.7 Å². The second-order valence-corrected chi connectivity index (χ2v) is 16.7. The van der Waals surface area contributed by atoms with Crippen LogP contribution in [-0.4, -0.2) is 87.0 Å². The van der Waals surface area contributed by atoms with Crippen molar-refractivity contribution < 1.29 is 28.9 Å². The summed E-state index contributed by atoms with van der Waals surface area (Å²) >= 11 is 14.3. The van der Waals surface area contributed by atoms with Gasteiger partial charge in [0, 0.05) is 72.2 Å². The molecule has 2 aliphatic rings. The van der Waals surface area contributed by atoms with Crippen LogP contribution < -0.4 is 20.9 Å². The molecule has 0 spiro atoms. The highest BCUT2D eigenvalue weighted by Gasteiger charge is 2.30. The van der Waals surface area contributed by atoms with Crippen LogP contribution in [0.5, 0.6) is 5.88 Å². The van der Waals surface area contributed by atoms with Crippen molar-refractivity contribution in [2.45, 2.75) is 83.8 Å². The van der Waals surface area contributed by atoms with Gasteiger partial charge < -0.3 is 34.9 Å². The fraction of sp³-hybridized carbons (Fsp3) is 0.386. The Morgan fingerprint density at radius 3 is 2.41 bits per heavy atom. The number of benzene rings is 2. The summed E-state index contributed by atoms with van der Waals surface area (Å²) in [5.41, 5.74) is 5.16. The summed E-state index contributed by atoms with van der Waals surface area (Å²) in [6.07, 6.45) is 2.17. The zero-order chi connectivity index (χ0) is 42.0. The monoisotopic (exact) mass is 842 g/mol. The minimum Gasteiger partial charge on any atom is -0.481 e. The van der Waals surface area contributed by atoms with Crippen molar-refractivity contribution in [2.75, 3.05) is 26.9 Å². The molecule has 0 radical (unpaired) electrons. The summed E-state index contributed by atoms with van der Waals surface area (Å²) in [5.74, 6) is 0.377. The number of carbonyl (C=O) groups is 2. The number of halogens is 2. The van der Waals surface area contributed by atoms with Crippen molar-refractivity contribution >= 4 is 40.8 Å². The van der Waals surface area contributed by atoms with E-state index in [1.165, 1.54) is 9.30 Å². The summed E-state index contributed by atoms with van der Waals surface area (Å²) in [7, 11) is 1.57. The standard InChI is InChI=1S/C44H48Cl2N6O7/c1-25-33(23-51(43(56)59-44(2,3)4)22-28-13-15-38(54)49-28)42(55)52-18-16-26(20-37(52)48-25)29-8-6-9-30(39(29)45)31-10-7-11-32(40(31)46)34-14-12-27(41(50-34)57-5)21-47-35-17-19-58-24-36(35)53/h6-12,14,16,18,20,28,35-36,47,53H,13,15,17,19,21-24H2,1-5H3,(H,49,54)/t28-,35-,36-/m0/s1. The molecule has 5 heterocycles. The molecular formula is C44H48Cl2N6O7. The molecular weight excluding hydrogens is 795 g/mol. The van der Waals surface area contributed by atoms with Gasteiger partial charge in [0.05, 0.1) is 53.4 Å². The Bertz CT molecular complexity index is 2450. The number of nitrogens with zero attached hydrogens (tertiary/aromatic N) is 4. The van der Waals surface area contributed by atoms with Crippen LogP contribution >= 0.6 is 23.2 Å². The third kappa shape index (κ3) is 9.40. The van der Waals surface area contributed by atoms with Gasteiger partial charge >= 0.3 is 6.09 Å². The van der Waals surface area contributed by atoms with Crippen LogP contribution in [0.25, 0.3) is 39.2 Å². The molecule has 3 N–H and O–H groups in total. The molecule has 7 rings (SSSR count). The lowest BCUT2D eigenvalue weighted by molar-refractivity contribution is -0.119. The van der Waals surface area contributed by atoms with E-state index in [0.717, 1.165) is 11.1 Å². The summed E-state index contributed by atoms with van der Waals surface area (Å²) in [4.78, 5) is 50.3. The molecule has 0 aliphatic carbocycles. The van der Waals surface area contributed by atoms with E-state index < -0.39 is 17.8 Å². The number of fused-ring (bicyclic) bond motifs is 1. The number of aliphatic hydroxyl groups excluding tert-OH is 1. The van der Waals surface area contributed by atoms with Crippen molar-refractivity contribution in [1.82, 2.24) is 29.9 Å². The highest BCUT2D eigenvalue weighted by Crippen LogP contribution is 2.42. The van der Waals surface area contributed by atoms with E-state index in [9.17, 15) is 19.5 Å². The fourth-order valence-electron chi connectivity index (χ4n) is 7.47. The zero-order valence-corrected chi connectivity index (χ0v) is 35.2. The second-order valence-electron chi connectivity index (χ2n) is 15.9. The number of nitrogens with one attached hydrogen (secondary N) is 2. The molecule has 13 nitrogen and oxygen atoms in total. The van der Waals surface area contributed by atoms with Gasteiger partial charge in [-0.25, -0.2) is 14.8 Å². The zero-order valence-electron chi connectivity index (χ0n) is 33.7. The Hall–Kier alpha value is -5.05. The van der Waals surface area contributed by atoms with E-state index in [4.69, 9.17) is 47.4 Å². The molecule has 2 aromatic carbocycles. The highest BCUT2D eigenvalue weighted by atomic mass is 35.5. The largest absolute Gasteiger partial charge is 0.481 e. The Morgan fingerprint density at radius 1 is 1.02 bits per heavy atom. The summed E-state index contributed by atoms with van der Waals surface area (Å²) < 4.78 is 18.1. The number of carbonyl (C=O) groups excluding carboxylic acids is 2. The van der Waals surface area contributed by atoms with Gasteiger partial charge in [-0.3, -0.25) is 14.0 Å². The van der Waals surface area contributed by atoms with Crippen LogP contribution in [0.2, 0.25) is 10.0 Å². The van der Waals surface area contributed by atoms with Crippen LogP contribution in [0.1, 0.15) is 56.9 Å². The van der Waals surface area contributed by atoms with Gasteiger partial charge in [0.1, 0.15) is 11.2 Å². The third-order valence-corrected chi connectivity index (χ3v) is 11.4. The number of aromatic nitrogens is 3. The molecule has 15 heteroatoms. The number of pyridine rings is 2. The number of ether oxygens (including phenoxy) is 3. The van der Waals surface area contributed by atoms with Crippen molar-refractivity contribution in [3.63, 3.8) is 0 Å². The lowest BCUT2D eigenvalue weighted by Crippen LogP contribution is -2.46. The van der Waals surface area contributed by atoms with Crippen molar-refractivity contribution in [3.05, 3.63) is 104 Å². The lowest BCUT2D eigenvalue weighted by Gasteiger charge is -2.29. The van der Waals surface area contributed by atoms with E-state index in [-0.39, 0.29) is 36.6 Å². The number of hydrogen-bond acceptors (Lipinski definition) is 10. The first-order chi connectivity index (χ1) is 28.2. The smallest absolute Gasteiger partial charge is 0.410 e. The molecule has 59 heavy (non-hydrogen) atoms. The maximum Gasteiger partial charge on any atom is 0.410 e. The van der Waals surface area contributed by atoms with E-state index in [1.54, 1.807) is 53.1 Å². The molecule has 2 saturated heterocycles. The van der Waals surface area contributed by atoms with Crippen molar-refractivity contribution in [2.24, 2.45) is 0 Å². The van der Waals surface area contributed by atoms with Gasteiger partial charge in [0.2, 0.25) is 11.8 Å². The predicted octanol–water partition coefficient (Wildman–Crippen LogP) is 6.97. The average molecular weight is 844 g/mol. The molecule has 0 bridgehead atoms. The number of amides is 2. The van der Waals surface area contributed by atoms with Crippen LogP contribution in [0, 0.1) is 6.92 Å². The second kappa shape index (κ2) is 17.7. The van der Waals surface area contributed by atoms with Gasteiger partial charge in [-0.1, -0.05) is 65.7 Å². The van der Waals surface area contributed by atoms with Crippen molar-refractivity contribution in [3.8, 4) is 39.4 Å². The Balaban J connectivity index is 1.16. The minimum atomic E-state index is -0.753. The van der Waals surface area contributed by atoms with E-state index in [2.05, 4.69) is 10.6 Å². The first kappa shape index (κ1) is 42.1. The van der Waals surface area contributed by atoms with Gasteiger partial charge in [0.15, 0.2) is 0 Å². The predicted molar refractivity (Wildman–Crippen MR) is 227 cm³/mol. The normalized spacial score (nSPS) is 18.2. The number of aliphatic hydroxyl groups is 1. The molecule has 0 unspecified atom stereocenters. The molecule has 2 amide bonds.